The topological polar surface area (TPSA) is 128 Å². The van der Waals surface area contributed by atoms with Gasteiger partial charge >= 0.3 is 6.18 Å². The smallest absolute Gasteiger partial charge is 0.396 e. The van der Waals surface area contributed by atoms with Crippen LogP contribution in [0.25, 0.3) is 5.70 Å². The lowest BCUT2D eigenvalue weighted by Crippen LogP contribution is -2.09. The first-order chi connectivity index (χ1) is 16.7. The first kappa shape index (κ1) is 23.9. The fraction of sp³-hybridized carbons (Fsp3) is 0.100. The van der Waals surface area contributed by atoms with Crippen LogP contribution in [0.4, 0.5) is 32.9 Å². The number of nitrogens with two attached hydrogens (primary N) is 1. The van der Waals surface area contributed by atoms with E-state index in [2.05, 4.69) is 35.6 Å². The van der Waals surface area contributed by atoms with Crippen molar-refractivity contribution in [1.82, 2.24) is 25.3 Å². The summed E-state index contributed by atoms with van der Waals surface area (Å²) in [7, 11) is 0. The molecular formula is C20H13F5N8OS. The zero-order chi connectivity index (χ0) is 25.0. The fourth-order valence-corrected chi connectivity index (χ4v) is 3.25. The van der Waals surface area contributed by atoms with E-state index in [0.717, 1.165) is 6.20 Å². The van der Waals surface area contributed by atoms with Gasteiger partial charge in [0, 0.05) is 11.6 Å². The Bertz CT molecular complexity index is 1380. The summed E-state index contributed by atoms with van der Waals surface area (Å²) in [6.07, 6.45) is -1.29. The van der Waals surface area contributed by atoms with Gasteiger partial charge in [0.15, 0.2) is 17.5 Å². The number of nitrogens with zero attached hydrogens (tertiary/aromatic N) is 6. The van der Waals surface area contributed by atoms with Crippen LogP contribution in [0.1, 0.15) is 22.1 Å². The molecule has 0 amide bonds. The van der Waals surface area contributed by atoms with Gasteiger partial charge in [-0.3, -0.25) is 4.99 Å². The predicted octanol–water partition coefficient (Wildman–Crippen LogP) is 4.35. The Morgan fingerprint density at radius 2 is 1.94 bits per heavy atom. The van der Waals surface area contributed by atoms with Crippen molar-refractivity contribution in [1.29, 1.82) is 0 Å². The second-order valence-electron chi connectivity index (χ2n) is 6.70. The minimum Gasteiger partial charge on any atom is -0.396 e. The predicted molar refractivity (Wildman–Crippen MR) is 115 cm³/mol. The summed E-state index contributed by atoms with van der Waals surface area (Å²) in [5, 5.41) is 10.9. The Hall–Kier alpha value is -4.27. The van der Waals surface area contributed by atoms with Crippen LogP contribution in [0.3, 0.4) is 0 Å². The number of hydrogen-bond donors (Lipinski definition) is 2. The lowest BCUT2D eigenvalue weighted by atomic mass is 10.2. The summed E-state index contributed by atoms with van der Waals surface area (Å²) in [4.78, 5) is 12.0. The summed E-state index contributed by atoms with van der Waals surface area (Å²) in [6.45, 7) is -0.0473. The molecule has 3 N–H and O–H groups in total. The molecule has 3 aromatic heterocycles. The van der Waals surface area contributed by atoms with Gasteiger partial charge in [-0.25, -0.2) is 18.7 Å². The summed E-state index contributed by atoms with van der Waals surface area (Å²) in [5.74, 6) is -2.05. The summed E-state index contributed by atoms with van der Waals surface area (Å²) in [6, 6.07) is 7.55. The van der Waals surface area contributed by atoms with Crippen LogP contribution in [-0.2, 0) is 12.7 Å². The molecule has 0 aliphatic heterocycles. The van der Waals surface area contributed by atoms with Gasteiger partial charge in [0.25, 0.3) is 0 Å². The van der Waals surface area contributed by atoms with Gasteiger partial charge < -0.3 is 15.6 Å². The van der Waals surface area contributed by atoms with Gasteiger partial charge in [-0.05, 0) is 12.1 Å². The second kappa shape index (κ2) is 9.92. The van der Waals surface area contributed by atoms with E-state index in [1.54, 1.807) is 18.2 Å². The van der Waals surface area contributed by atoms with Gasteiger partial charge in [-0.1, -0.05) is 34.7 Å². The summed E-state index contributed by atoms with van der Waals surface area (Å²) < 4.78 is 71.2. The van der Waals surface area contributed by atoms with Crippen molar-refractivity contribution in [3.63, 3.8) is 0 Å². The van der Waals surface area contributed by atoms with Crippen LogP contribution in [0, 0.1) is 11.6 Å². The van der Waals surface area contributed by atoms with Crippen molar-refractivity contribution in [3.8, 4) is 0 Å². The van der Waals surface area contributed by atoms with E-state index in [1.807, 2.05) is 0 Å². The number of nitrogens with one attached hydrogen (secondary N) is 1. The largest absolute Gasteiger partial charge is 0.445 e. The Labute approximate surface area is 197 Å². The molecule has 0 radical (unpaired) electrons. The quantitative estimate of drug-likeness (QED) is 0.279. The zero-order valence-electron chi connectivity index (χ0n) is 17.3. The number of halogens is 5. The first-order valence-electron chi connectivity index (χ1n) is 9.57. The molecule has 0 saturated heterocycles. The molecule has 9 nitrogen and oxygen atoms in total. The molecule has 15 heteroatoms. The maximum atomic E-state index is 14.2. The van der Waals surface area contributed by atoms with E-state index in [1.165, 1.54) is 24.5 Å². The highest BCUT2D eigenvalue weighted by Crippen LogP contribution is 2.34. The molecule has 0 saturated carbocycles. The van der Waals surface area contributed by atoms with Crippen molar-refractivity contribution >= 4 is 33.7 Å². The monoisotopic (exact) mass is 508 g/mol. The van der Waals surface area contributed by atoms with E-state index in [4.69, 9.17) is 10.3 Å². The number of aromatic nitrogens is 5. The lowest BCUT2D eigenvalue weighted by molar-refractivity contribution is -0.138. The van der Waals surface area contributed by atoms with Gasteiger partial charge in [0.2, 0.25) is 10.1 Å². The maximum Gasteiger partial charge on any atom is 0.445 e. The highest BCUT2D eigenvalue weighted by atomic mass is 32.1. The second-order valence-corrected chi connectivity index (χ2v) is 7.68. The first-order valence-corrected chi connectivity index (χ1v) is 10.4. The summed E-state index contributed by atoms with van der Waals surface area (Å²) >= 11 is 0.172. The lowest BCUT2D eigenvalue weighted by Gasteiger charge is -2.07. The third-order valence-electron chi connectivity index (χ3n) is 4.27. The number of allylic oxidation sites excluding steroid dienone is 1. The number of hydrogen-bond acceptors (Lipinski definition) is 10. The van der Waals surface area contributed by atoms with E-state index >= 15 is 0 Å². The molecule has 0 unspecified atom stereocenters. The average molecular weight is 508 g/mol. The van der Waals surface area contributed by atoms with Crippen molar-refractivity contribution in [3.05, 3.63) is 82.6 Å². The van der Waals surface area contributed by atoms with Crippen LogP contribution in [0.2, 0.25) is 0 Å². The molecule has 1 aromatic carbocycles. The van der Waals surface area contributed by atoms with E-state index in [9.17, 15) is 22.0 Å². The molecule has 180 valence electrons. The van der Waals surface area contributed by atoms with Gasteiger partial charge in [0.1, 0.15) is 17.8 Å². The molecule has 0 fully saturated rings. The molecule has 3 heterocycles. The molecular weight excluding hydrogens is 495 g/mol. The standard InChI is InChI=1S/C20H13F5N8OS/c21-11-4-2-1-3-10(11)8-27-15(14-5-6-34-33-14)7-13(26)17-28-9-12(22)16(29-17)30-19-32-31-18(35-19)20(23,24)25/h1-7,9H,8,26H2,(H,28,29,30,32). The molecule has 0 aliphatic rings. The van der Waals surface area contributed by atoms with Crippen molar-refractivity contribution in [2.75, 3.05) is 5.32 Å². The van der Waals surface area contributed by atoms with Gasteiger partial charge in [-0.15, -0.1) is 10.2 Å². The van der Waals surface area contributed by atoms with E-state index in [0.29, 0.717) is 5.56 Å². The van der Waals surface area contributed by atoms with Crippen molar-refractivity contribution in [2.45, 2.75) is 12.7 Å². The SMILES string of the molecule is NC(=CC(=NCc1ccccc1F)c1ccon1)c1ncc(F)c(Nc2nnc(C(F)(F)F)s2)n1. The molecule has 4 rings (SSSR count). The van der Waals surface area contributed by atoms with Crippen LogP contribution in [-0.4, -0.2) is 31.0 Å². The summed E-state index contributed by atoms with van der Waals surface area (Å²) in [5.41, 5.74) is 6.78. The molecule has 0 atom stereocenters. The molecule has 0 bridgehead atoms. The van der Waals surface area contributed by atoms with E-state index in [-0.39, 0.29) is 45.9 Å². The van der Waals surface area contributed by atoms with Crippen LogP contribution >= 0.6 is 11.3 Å². The number of alkyl halides is 3. The number of anilines is 2. The Kier molecular flexibility index (Phi) is 6.77. The molecule has 4 aromatic rings. The van der Waals surface area contributed by atoms with Gasteiger partial charge in [-0.2, -0.15) is 13.2 Å². The maximum absolute atomic E-state index is 14.2. The van der Waals surface area contributed by atoms with E-state index < -0.39 is 28.6 Å². The fourth-order valence-electron chi connectivity index (χ4n) is 2.64. The van der Waals surface area contributed by atoms with Gasteiger partial charge in [0.05, 0.1) is 24.2 Å². The zero-order valence-corrected chi connectivity index (χ0v) is 18.1. The third-order valence-corrected chi connectivity index (χ3v) is 5.15. The highest BCUT2D eigenvalue weighted by molar-refractivity contribution is 7.15. The number of benzene rings is 1. The van der Waals surface area contributed by atoms with Crippen molar-refractivity contribution in [2.24, 2.45) is 10.7 Å². The van der Waals surface area contributed by atoms with Crippen molar-refractivity contribution < 1.29 is 26.5 Å². The Morgan fingerprint density at radius 3 is 2.63 bits per heavy atom. The van der Waals surface area contributed by atoms with Crippen LogP contribution < -0.4 is 11.1 Å². The highest BCUT2D eigenvalue weighted by Gasteiger charge is 2.35. The molecule has 0 aliphatic carbocycles. The number of aliphatic imine (C=N–C) groups is 1. The minimum absolute atomic E-state index is 0.0473. The average Bonchev–Trinajstić information content (AvgIpc) is 3.51. The van der Waals surface area contributed by atoms with Crippen LogP contribution in [0.15, 0.2) is 58.4 Å². The minimum atomic E-state index is -4.69. The number of rotatable bonds is 7. The molecule has 0 spiro atoms. The molecule has 35 heavy (non-hydrogen) atoms. The Morgan fingerprint density at radius 1 is 1.14 bits per heavy atom. The normalized spacial score (nSPS) is 12.7. The third kappa shape index (κ3) is 5.81. The Balaban J connectivity index is 1.62. The van der Waals surface area contributed by atoms with Crippen LogP contribution in [0.5, 0.6) is 0 Å².